The van der Waals surface area contributed by atoms with Crippen LogP contribution in [0.3, 0.4) is 0 Å². The van der Waals surface area contributed by atoms with Crippen LogP contribution in [0.1, 0.15) is 72.6 Å². The van der Waals surface area contributed by atoms with Crippen LogP contribution in [0.15, 0.2) is 11.0 Å². The fraction of sp³-hybridized carbons (Fsp3) is 0.833. The molecule has 2 aliphatic rings. The highest BCUT2D eigenvalue weighted by atomic mass is 32.2. The van der Waals surface area contributed by atoms with Crippen LogP contribution in [0.5, 0.6) is 0 Å². The Hall–Kier alpha value is -0.240. The summed E-state index contributed by atoms with van der Waals surface area (Å²) in [7, 11) is 0. The second kappa shape index (κ2) is 6.25. The third-order valence-electron chi connectivity index (χ3n) is 5.58. The molecule has 2 rings (SSSR count). The molecule has 0 aliphatic heterocycles. The molecule has 2 saturated carbocycles. The minimum Gasteiger partial charge on any atom is -0.294 e. The molecule has 2 atom stereocenters. The quantitative estimate of drug-likeness (QED) is 0.496. The topological polar surface area (TPSA) is 17.1 Å². The predicted molar refractivity (Wildman–Crippen MR) is 88.9 cm³/mol. The van der Waals surface area contributed by atoms with E-state index >= 15 is 0 Å². The van der Waals surface area contributed by atoms with Gasteiger partial charge < -0.3 is 0 Å². The fourth-order valence-electron chi connectivity index (χ4n) is 4.38. The van der Waals surface area contributed by atoms with Crippen LogP contribution >= 0.6 is 11.8 Å². The van der Waals surface area contributed by atoms with Crippen LogP contribution in [-0.2, 0) is 4.79 Å². The van der Waals surface area contributed by atoms with Crippen LogP contribution in [0.4, 0.5) is 0 Å². The predicted octanol–water partition coefficient (Wildman–Crippen LogP) is 5.60. The van der Waals surface area contributed by atoms with E-state index in [9.17, 15) is 4.79 Å². The summed E-state index contributed by atoms with van der Waals surface area (Å²) in [5.41, 5.74) is 1.36. The molecule has 2 fully saturated rings. The SMILES string of the molecule is CCCCS/C=C1\CC[C@@H]2C(C)(C)CCC[C@]2(C)C1=O. The first-order valence-corrected chi connectivity index (χ1v) is 9.32. The summed E-state index contributed by atoms with van der Waals surface area (Å²) >= 11 is 1.84. The number of Topliss-reactive ketones (excluding diaryl/α,β-unsaturated/α-hetero) is 1. The van der Waals surface area contributed by atoms with Crippen molar-refractivity contribution in [2.45, 2.75) is 72.6 Å². The van der Waals surface area contributed by atoms with Crippen LogP contribution in [0, 0.1) is 16.7 Å². The normalized spacial score (nSPS) is 35.1. The molecular weight excluding hydrogens is 264 g/mol. The number of thioether (sulfide) groups is 1. The highest BCUT2D eigenvalue weighted by molar-refractivity contribution is 8.02. The zero-order valence-electron chi connectivity index (χ0n) is 13.6. The lowest BCUT2D eigenvalue weighted by Gasteiger charge is -2.52. The van der Waals surface area contributed by atoms with Gasteiger partial charge >= 0.3 is 0 Å². The van der Waals surface area contributed by atoms with Crippen molar-refractivity contribution >= 4 is 17.5 Å². The summed E-state index contributed by atoms with van der Waals surface area (Å²) in [4.78, 5) is 13.0. The maximum atomic E-state index is 13.0. The molecule has 0 aromatic heterocycles. The van der Waals surface area contributed by atoms with Gasteiger partial charge in [0.15, 0.2) is 5.78 Å². The van der Waals surface area contributed by atoms with E-state index in [0.29, 0.717) is 17.1 Å². The Labute approximate surface area is 129 Å². The lowest BCUT2D eigenvalue weighted by Crippen LogP contribution is -2.49. The Morgan fingerprint density at radius 3 is 2.75 bits per heavy atom. The number of allylic oxidation sites excluding steroid dienone is 1. The van der Waals surface area contributed by atoms with Crippen LogP contribution in [0.25, 0.3) is 0 Å². The van der Waals surface area contributed by atoms with Gasteiger partial charge in [0.1, 0.15) is 0 Å². The molecule has 0 heterocycles. The highest BCUT2D eigenvalue weighted by Crippen LogP contribution is 2.57. The first-order valence-electron chi connectivity index (χ1n) is 8.27. The summed E-state index contributed by atoms with van der Waals surface area (Å²) in [6.07, 6.45) is 8.27. The number of hydrogen-bond acceptors (Lipinski definition) is 2. The Bertz CT molecular complexity index is 396. The van der Waals surface area contributed by atoms with Crippen LogP contribution < -0.4 is 0 Å². The lowest BCUT2D eigenvalue weighted by molar-refractivity contribution is -0.137. The first-order chi connectivity index (χ1) is 9.42. The van der Waals surface area contributed by atoms with Crippen molar-refractivity contribution in [2.24, 2.45) is 16.7 Å². The summed E-state index contributed by atoms with van der Waals surface area (Å²) in [5.74, 6) is 2.19. The van der Waals surface area contributed by atoms with Gasteiger partial charge in [-0.1, -0.05) is 40.5 Å². The van der Waals surface area contributed by atoms with Gasteiger partial charge in [0.25, 0.3) is 0 Å². The first kappa shape index (κ1) is 16.1. The van der Waals surface area contributed by atoms with Crippen molar-refractivity contribution in [3.63, 3.8) is 0 Å². The summed E-state index contributed by atoms with van der Waals surface area (Å²) < 4.78 is 0. The van der Waals surface area contributed by atoms with E-state index in [2.05, 4.69) is 33.1 Å². The summed E-state index contributed by atoms with van der Waals surface area (Å²) in [6.45, 7) is 9.19. The molecule has 0 aromatic rings. The Kier molecular flexibility index (Phi) is 5.05. The van der Waals surface area contributed by atoms with Crippen molar-refractivity contribution in [2.75, 3.05) is 5.75 Å². The van der Waals surface area contributed by atoms with Crippen molar-refractivity contribution in [1.82, 2.24) is 0 Å². The van der Waals surface area contributed by atoms with Gasteiger partial charge in [-0.2, -0.15) is 0 Å². The van der Waals surface area contributed by atoms with E-state index in [1.54, 1.807) is 0 Å². The van der Waals surface area contributed by atoms with Gasteiger partial charge in [-0.15, -0.1) is 11.8 Å². The summed E-state index contributed by atoms with van der Waals surface area (Å²) in [6, 6.07) is 0. The fourth-order valence-corrected chi connectivity index (χ4v) is 5.38. The van der Waals surface area contributed by atoms with E-state index < -0.39 is 0 Å². The van der Waals surface area contributed by atoms with E-state index in [-0.39, 0.29) is 5.41 Å². The molecule has 0 radical (unpaired) electrons. The standard InChI is InChI=1S/C18H30OS/c1-5-6-12-20-13-14-8-9-15-17(2,3)10-7-11-18(15,4)16(14)19/h13,15H,5-12H2,1-4H3/b14-13+/t15-,18+/m1/s1. The molecule has 20 heavy (non-hydrogen) atoms. The Morgan fingerprint density at radius 2 is 2.05 bits per heavy atom. The molecule has 2 aliphatic carbocycles. The molecule has 0 N–H and O–H groups in total. The third-order valence-corrected chi connectivity index (χ3v) is 6.56. The minimum absolute atomic E-state index is 0.0862. The van der Waals surface area contributed by atoms with E-state index in [4.69, 9.17) is 0 Å². The molecule has 114 valence electrons. The average Bonchev–Trinajstić information content (AvgIpc) is 2.38. The van der Waals surface area contributed by atoms with Crippen LogP contribution in [0.2, 0.25) is 0 Å². The number of hydrogen-bond donors (Lipinski definition) is 0. The maximum absolute atomic E-state index is 13.0. The number of fused-ring (bicyclic) bond motifs is 1. The van der Waals surface area contributed by atoms with Gasteiger partial charge in [0.2, 0.25) is 0 Å². The molecular formula is C18H30OS. The third kappa shape index (κ3) is 3.00. The highest BCUT2D eigenvalue weighted by Gasteiger charge is 2.53. The monoisotopic (exact) mass is 294 g/mol. The number of carbonyl (C=O) groups excluding carboxylic acids is 1. The number of carbonyl (C=O) groups is 1. The summed E-state index contributed by atoms with van der Waals surface area (Å²) in [5, 5.41) is 2.18. The minimum atomic E-state index is -0.0862. The molecule has 0 aromatic carbocycles. The zero-order chi connectivity index (χ0) is 14.8. The van der Waals surface area contributed by atoms with E-state index in [0.717, 1.165) is 24.2 Å². The number of unbranched alkanes of at least 4 members (excludes halogenated alkanes) is 1. The van der Waals surface area contributed by atoms with Gasteiger partial charge in [-0.25, -0.2) is 0 Å². The van der Waals surface area contributed by atoms with Crippen molar-refractivity contribution < 1.29 is 4.79 Å². The second-order valence-electron chi connectivity index (χ2n) is 7.55. The Morgan fingerprint density at radius 1 is 1.30 bits per heavy atom. The average molecular weight is 295 g/mol. The van der Waals surface area contributed by atoms with Crippen LogP contribution in [-0.4, -0.2) is 11.5 Å². The van der Waals surface area contributed by atoms with Crippen molar-refractivity contribution in [1.29, 1.82) is 0 Å². The molecule has 0 saturated heterocycles. The maximum Gasteiger partial charge on any atom is 0.165 e. The molecule has 0 spiro atoms. The molecule has 1 nitrogen and oxygen atoms in total. The second-order valence-corrected chi connectivity index (χ2v) is 8.52. The van der Waals surface area contributed by atoms with E-state index in [1.807, 2.05) is 11.8 Å². The van der Waals surface area contributed by atoms with Gasteiger partial charge in [0, 0.05) is 11.0 Å². The molecule has 0 bridgehead atoms. The van der Waals surface area contributed by atoms with Crippen molar-refractivity contribution in [3.8, 4) is 0 Å². The van der Waals surface area contributed by atoms with Gasteiger partial charge in [0.05, 0.1) is 0 Å². The number of rotatable bonds is 4. The molecule has 2 heteroatoms. The number of ketones is 1. The van der Waals surface area contributed by atoms with Gasteiger partial charge in [-0.3, -0.25) is 4.79 Å². The zero-order valence-corrected chi connectivity index (χ0v) is 14.4. The van der Waals surface area contributed by atoms with Gasteiger partial charge in [-0.05, 0) is 54.6 Å². The van der Waals surface area contributed by atoms with Crippen molar-refractivity contribution in [3.05, 3.63) is 11.0 Å². The Balaban J connectivity index is 2.11. The molecule has 0 unspecified atom stereocenters. The van der Waals surface area contributed by atoms with E-state index in [1.165, 1.54) is 32.1 Å². The largest absolute Gasteiger partial charge is 0.294 e. The molecule has 0 amide bonds. The lowest BCUT2D eigenvalue weighted by atomic mass is 9.51. The smallest absolute Gasteiger partial charge is 0.165 e.